The van der Waals surface area contributed by atoms with E-state index < -0.39 is 0 Å². The van der Waals surface area contributed by atoms with Crippen LogP contribution in [0, 0.1) is 5.92 Å². The standard InChI is InChI=1S/C15H26N2S/c1-5-16-15(8-6-12(4)7-9-15)14-17-13(10-18-14)11(2)3/h10-12,16H,5-9H2,1-4H3. The fraction of sp³-hybridized carbons (Fsp3) is 0.800. The highest BCUT2D eigenvalue weighted by Crippen LogP contribution is 2.41. The van der Waals surface area contributed by atoms with Gasteiger partial charge in [-0.3, -0.25) is 0 Å². The zero-order chi connectivity index (χ0) is 13.2. The van der Waals surface area contributed by atoms with Gasteiger partial charge in [-0.1, -0.05) is 27.7 Å². The molecule has 0 saturated heterocycles. The van der Waals surface area contributed by atoms with Crippen molar-refractivity contribution in [1.29, 1.82) is 0 Å². The molecule has 0 amide bonds. The lowest BCUT2D eigenvalue weighted by molar-refractivity contribution is 0.198. The Hall–Kier alpha value is -0.410. The predicted octanol–water partition coefficient (Wildman–Crippen LogP) is 4.28. The van der Waals surface area contributed by atoms with Crippen molar-refractivity contribution >= 4 is 11.3 Å². The molecular weight excluding hydrogens is 240 g/mol. The average molecular weight is 266 g/mol. The summed E-state index contributed by atoms with van der Waals surface area (Å²) in [6.45, 7) is 10.1. The molecule has 0 spiro atoms. The molecule has 0 aliphatic heterocycles. The van der Waals surface area contributed by atoms with Gasteiger partial charge in [-0.05, 0) is 44.1 Å². The largest absolute Gasteiger partial charge is 0.306 e. The Bertz CT molecular complexity index is 376. The summed E-state index contributed by atoms with van der Waals surface area (Å²) in [4.78, 5) is 4.91. The molecule has 1 fully saturated rings. The second-order valence-electron chi connectivity index (χ2n) is 6.03. The van der Waals surface area contributed by atoms with Crippen LogP contribution in [0.25, 0.3) is 0 Å². The molecule has 18 heavy (non-hydrogen) atoms. The molecular formula is C15H26N2S. The van der Waals surface area contributed by atoms with Gasteiger partial charge in [0.05, 0.1) is 11.2 Å². The number of rotatable bonds is 4. The maximum absolute atomic E-state index is 4.91. The van der Waals surface area contributed by atoms with Gasteiger partial charge in [-0.25, -0.2) is 4.98 Å². The maximum atomic E-state index is 4.91. The summed E-state index contributed by atoms with van der Waals surface area (Å²) in [5.41, 5.74) is 1.42. The zero-order valence-electron chi connectivity index (χ0n) is 12.1. The summed E-state index contributed by atoms with van der Waals surface area (Å²) in [5, 5.41) is 7.30. The first kappa shape index (κ1) is 14.0. The second kappa shape index (κ2) is 5.70. The maximum Gasteiger partial charge on any atom is 0.113 e. The Morgan fingerprint density at radius 2 is 2.11 bits per heavy atom. The van der Waals surface area contributed by atoms with Gasteiger partial charge < -0.3 is 5.32 Å². The van der Waals surface area contributed by atoms with E-state index in [1.54, 1.807) is 0 Å². The SMILES string of the molecule is CCNC1(c2nc(C(C)C)cs2)CCC(C)CC1. The Kier molecular flexibility index (Phi) is 4.44. The van der Waals surface area contributed by atoms with Crippen LogP contribution in [0.15, 0.2) is 5.38 Å². The van der Waals surface area contributed by atoms with Crippen molar-refractivity contribution < 1.29 is 0 Å². The van der Waals surface area contributed by atoms with Crippen molar-refractivity contribution in [2.24, 2.45) is 5.92 Å². The first-order valence-electron chi connectivity index (χ1n) is 7.28. The Morgan fingerprint density at radius 1 is 1.44 bits per heavy atom. The quantitative estimate of drug-likeness (QED) is 0.879. The fourth-order valence-corrected chi connectivity index (χ4v) is 4.05. The molecule has 102 valence electrons. The van der Waals surface area contributed by atoms with E-state index in [0.717, 1.165) is 12.5 Å². The highest BCUT2D eigenvalue weighted by Gasteiger charge is 2.37. The number of aromatic nitrogens is 1. The molecule has 1 N–H and O–H groups in total. The number of hydrogen-bond donors (Lipinski definition) is 1. The van der Waals surface area contributed by atoms with E-state index in [1.165, 1.54) is 36.4 Å². The van der Waals surface area contributed by atoms with E-state index in [9.17, 15) is 0 Å². The van der Waals surface area contributed by atoms with E-state index in [-0.39, 0.29) is 5.54 Å². The molecule has 0 atom stereocenters. The van der Waals surface area contributed by atoms with Gasteiger partial charge in [0.2, 0.25) is 0 Å². The van der Waals surface area contributed by atoms with E-state index in [4.69, 9.17) is 4.98 Å². The molecule has 1 saturated carbocycles. The van der Waals surface area contributed by atoms with Gasteiger partial charge in [-0.15, -0.1) is 11.3 Å². The number of nitrogens with zero attached hydrogens (tertiary/aromatic N) is 1. The lowest BCUT2D eigenvalue weighted by Gasteiger charge is -2.38. The van der Waals surface area contributed by atoms with Gasteiger partial charge in [0, 0.05) is 5.38 Å². The van der Waals surface area contributed by atoms with Crippen LogP contribution in [0.1, 0.15) is 70.0 Å². The molecule has 0 unspecified atom stereocenters. The highest BCUT2D eigenvalue weighted by molar-refractivity contribution is 7.09. The van der Waals surface area contributed by atoms with Crippen LogP contribution < -0.4 is 5.32 Å². The third-order valence-corrected chi connectivity index (χ3v) is 5.23. The van der Waals surface area contributed by atoms with Crippen molar-refractivity contribution in [3.8, 4) is 0 Å². The van der Waals surface area contributed by atoms with Crippen molar-refractivity contribution in [1.82, 2.24) is 10.3 Å². The Morgan fingerprint density at radius 3 is 2.61 bits per heavy atom. The number of hydrogen-bond acceptors (Lipinski definition) is 3. The smallest absolute Gasteiger partial charge is 0.113 e. The lowest BCUT2D eigenvalue weighted by Crippen LogP contribution is -2.45. The molecule has 1 heterocycles. The fourth-order valence-electron chi connectivity index (χ4n) is 2.83. The summed E-state index contributed by atoms with van der Waals surface area (Å²) >= 11 is 1.85. The van der Waals surface area contributed by atoms with E-state index in [0.29, 0.717) is 5.92 Å². The van der Waals surface area contributed by atoms with Gasteiger partial charge in [0.1, 0.15) is 5.01 Å². The zero-order valence-corrected chi connectivity index (χ0v) is 12.9. The summed E-state index contributed by atoms with van der Waals surface area (Å²) in [6, 6.07) is 0. The first-order valence-corrected chi connectivity index (χ1v) is 8.16. The molecule has 1 aromatic rings. The van der Waals surface area contributed by atoms with Crippen LogP contribution in [0.4, 0.5) is 0 Å². The lowest BCUT2D eigenvalue weighted by atomic mass is 9.77. The Labute approximate surface area is 115 Å². The minimum Gasteiger partial charge on any atom is -0.306 e. The van der Waals surface area contributed by atoms with E-state index in [2.05, 4.69) is 38.4 Å². The number of thiazole rings is 1. The third kappa shape index (κ3) is 2.77. The minimum atomic E-state index is 0.166. The van der Waals surface area contributed by atoms with E-state index >= 15 is 0 Å². The van der Waals surface area contributed by atoms with Crippen molar-refractivity contribution in [2.45, 2.75) is 64.8 Å². The molecule has 1 aliphatic rings. The molecule has 2 rings (SSSR count). The summed E-state index contributed by atoms with van der Waals surface area (Å²) in [6.07, 6.45) is 5.13. The molecule has 0 radical (unpaired) electrons. The van der Waals surface area contributed by atoms with Crippen LogP contribution in [0.3, 0.4) is 0 Å². The molecule has 1 aliphatic carbocycles. The normalized spacial score (nSPS) is 28.8. The first-order chi connectivity index (χ1) is 8.57. The van der Waals surface area contributed by atoms with Gasteiger partial charge in [0.15, 0.2) is 0 Å². The van der Waals surface area contributed by atoms with Crippen LogP contribution in [0.2, 0.25) is 0 Å². The average Bonchev–Trinajstić information content (AvgIpc) is 2.83. The number of nitrogens with one attached hydrogen (secondary N) is 1. The summed E-state index contributed by atoms with van der Waals surface area (Å²) < 4.78 is 0. The van der Waals surface area contributed by atoms with Crippen LogP contribution >= 0.6 is 11.3 Å². The molecule has 1 aromatic heterocycles. The molecule has 3 heteroatoms. The highest BCUT2D eigenvalue weighted by atomic mass is 32.1. The van der Waals surface area contributed by atoms with Crippen LogP contribution in [-0.2, 0) is 5.54 Å². The van der Waals surface area contributed by atoms with Gasteiger partial charge >= 0.3 is 0 Å². The Balaban J connectivity index is 2.23. The van der Waals surface area contributed by atoms with E-state index in [1.807, 2.05) is 11.3 Å². The summed E-state index contributed by atoms with van der Waals surface area (Å²) in [7, 11) is 0. The monoisotopic (exact) mass is 266 g/mol. The topological polar surface area (TPSA) is 24.9 Å². The summed E-state index contributed by atoms with van der Waals surface area (Å²) in [5.74, 6) is 1.41. The van der Waals surface area contributed by atoms with Crippen molar-refractivity contribution in [3.05, 3.63) is 16.1 Å². The van der Waals surface area contributed by atoms with Crippen molar-refractivity contribution in [3.63, 3.8) is 0 Å². The molecule has 2 nitrogen and oxygen atoms in total. The molecule has 0 aromatic carbocycles. The van der Waals surface area contributed by atoms with Gasteiger partial charge in [0.25, 0.3) is 0 Å². The van der Waals surface area contributed by atoms with Crippen LogP contribution in [0.5, 0.6) is 0 Å². The van der Waals surface area contributed by atoms with Gasteiger partial charge in [-0.2, -0.15) is 0 Å². The minimum absolute atomic E-state index is 0.166. The predicted molar refractivity (Wildman–Crippen MR) is 79.2 cm³/mol. The second-order valence-corrected chi connectivity index (χ2v) is 6.89. The van der Waals surface area contributed by atoms with Crippen LogP contribution in [-0.4, -0.2) is 11.5 Å². The third-order valence-electron chi connectivity index (χ3n) is 4.17. The van der Waals surface area contributed by atoms with Crippen molar-refractivity contribution in [2.75, 3.05) is 6.54 Å². The molecule has 0 bridgehead atoms.